The van der Waals surface area contributed by atoms with Crippen LogP contribution in [0.2, 0.25) is 0 Å². The predicted octanol–water partition coefficient (Wildman–Crippen LogP) is 3.52. The number of amides is 1. The molecule has 1 rings (SSSR count). The first kappa shape index (κ1) is 21.2. The molecule has 1 aliphatic heterocycles. The molecule has 1 aliphatic rings. The largest absolute Gasteiger partial charge is 0.444 e. The Bertz CT molecular complexity index is 407. The predicted molar refractivity (Wildman–Crippen MR) is 100 cm³/mol. The lowest BCUT2D eigenvalue weighted by Gasteiger charge is -2.44. The molecule has 1 unspecified atom stereocenters. The lowest BCUT2D eigenvalue weighted by atomic mass is 9.77. The van der Waals surface area contributed by atoms with Crippen molar-refractivity contribution in [3.05, 3.63) is 0 Å². The summed E-state index contributed by atoms with van der Waals surface area (Å²) in [6, 6.07) is 0.288. The van der Waals surface area contributed by atoms with Crippen molar-refractivity contribution >= 4 is 6.09 Å². The summed E-state index contributed by atoms with van der Waals surface area (Å²) in [5, 5.41) is 3.00. The first-order chi connectivity index (χ1) is 10.9. The number of carbonyl (C=O) groups excluding carboxylic acids is 1. The van der Waals surface area contributed by atoms with E-state index in [0.29, 0.717) is 12.0 Å². The number of carbonyl (C=O) groups is 1. The van der Waals surface area contributed by atoms with E-state index in [4.69, 9.17) is 10.5 Å². The first-order valence-corrected chi connectivity index (χ1v) is 9.35. The van der Waals surface area contributed by atoms with Crippen LogP contribution in [-0.4, -0.2) is 47.8 Å². The zero-order valence-corrected chi connectivity index (χ0v) is 16.9. The van der Waals surface area contributed by atoms with Crippen LogP contribution >= 0.6 is 0 Å². The van der Waals surface area contributed by atoms with Crippen LogP contribution in [0.25, 0.3) is 0 Å². The Kier molecular flexibility index (Phi) is 7.12. The highest BCUT2D eigenvalue weighted by Gasteiger charge is 2.34. The fourth-order valence-corrected chi connectivity index (χ4v) is 3.36. The molecule has 0 saturated carbocycles. The highest BCUT2D eigenvalue weighted by atomic mass is 16.6. The van der Waals surface area contributed by atoms with E-state index in [1.807, 2.05) is 34.6 Å². The molecule has 0 radical (unpaired) electrons. The summed E-state index contributed by atoms with van der Waals surface area (Å²) in [6.45, 7) is 17.2. The molecule has 5 nitrogen and oxygen atoms in total. The fraction of sp³-hybridized carbons (Fsp3) is 0.947. The van der Waals surface area contributed by atoms with E-state index in [9.17, 15) is 4.79 Å². The lowest BCUT2D eigenvalue weighted by Crippen LogP contribution is -2.54. The Balaban J connectivity index is 2.59. The second kappa shape index (κ2) is 8.05. The minimum Gasteiger partial charge on any atom is -0.444 e. The molecule has 0 aromatic carbocycles. The Morgan fingerprint density at radius 2 is 1.79 bits per heavy atom. The smallest absolute Gasteiger partial charge is 0.408 e. The van der Waals surface area contributed by atoms with Crippen molar-refractivity contribution in [2.24, 2.45) is 11.1 Å². The molecule has 1 amide bonds. The van der Waals surface area contributed by atoms with Crippen molar-refractivity contribution in [3.63, 3.8) is 0 Å². The van der Waals surface area contributed by atoms with Crippen molar-refractivity contribution in [2.75, 3.05) is 19.6 Å². The number of nitrogens with zero attached hydrogens (tertiary/aromatic N) is 1. The van der Waals surface area contributed by atoms with Gasteiger partial charge in [-0.2, -0.15) is 0 Å². The van der Waals surface area contributed by atoms with Crippen molar-refractivity contribution in [2.45, 2.75) is 91.3 Å². The molecular weight excluding hydrogens is 302 g/mol. The minimum absolute atomic E-state index is 0.288. The zero-order valence-electron chi connectivity index (χ0n) is 16.9. The topological polar surface area (TPSA) is 67.6 Å². The van der Waals surface area contributed by atoms with Crippen LogP contribution in [-0.2, 0) is 4.74 Å². The van der Waals surface area contributed by atoms with Gasteiger partial charge in [0.2, 0.25) is 0 Å². The first-order valence-electron chi connectivity index (χ1n) is 9.35. The van der Waals surface area contributed by atoms with Gasteiger partial charge in [-0.25, -0.2) is 4.79 Å². The summed E-state index contributed by atoms with van der Waals surface area (Å²) in [6.07, 6.45) is 4.14. The molecule has 3 N–H and O–H groups in total. The highest BCUT2D eigenvalue weighted by Crippen LogP contribution is 2.35. The van der Waals surface area contributed by atoms with Crippen molar-refractivity contribution in [1.82, 2.24) is 10.2 Å². The second-order valence-corrected chi connectivity index (χ2v) is 9.30. The SMILES string of the molecule is CCC1(C)CCN(C(CN)CC(C)(C)NC(=O)OC(C)(C)C)CC1. The van der Waals surface area contributed by atoms with E-state index in [0.717, 1.165) is 19.5 Å². The van der Waals surface area contributed by atoms with Gasteiger partial charge in [0.05, 0.1) is 0 Å². The van der Waals surface area contributed by atoms with E-state index in [-0.39, 0.29) is 17.7 Å². The Morgan fingerprint density at radius 3 is 2.21 bits per heavy atom. The third kappa shape index (κ3) is 6.98. The van der Waals surface area contributed by atoms with Gasteiger partial charge in [-0.05, 0) is 72.4 Å². The normalized spacial score (nSPS) is 20.5. The molecule has 1 atom stereocenters. The Hall–Kier alpha value is -0.810. The van der Waals surface area contributed by atoms with Gasteiger partial charge in [0.15, 0.2) is 0 Å². The van der Waals surface area contributed by atoms with Crippen LogP contribution in [0.5, 0.6) is 0 Å². The average Bonchev–Trinajstić information content (AvgIpc) is 2.43. The maximum absolute atomic E-state index is 12.1. The average molecular weight is 342 g/mol. The van der Waals surface area contributed by atoms with Crippen molar-refractivity contribution in [3.8, 4) is 0 Å². The van der Waals surface area contributed by atoms with Crippen LogP contribution < -0.4 is 11.1 Å². The number of hydrogen-bond donors (Lipinski definition) is 2. The minimum atomic E-state index is -0.481. The lowest BCUT2D eigenvalue weighted by molar-refractivity contribution is 0.0412. The Labute approximate surface area is 148 Å². The van der Waals surface area contributed by atoms with Crippen LogP contribution in [0.3, 0.4) is 0 Å². The third-order valence-electron chi connectivity index (χ3n) is 5.23. The summed E-state index contributed by atoms with van der Waals surface area (Å²) >= 11 is 0. The van der Waals surface area contributed by atoms with E-state index in [2.05, 4.69) is 24.1 Å². The number of alkyl carbamates (subject to hydrolysis) is 1. The van der Waals surface area contributed by atoms with Crippen molar-refractivity contribution < 1.29 is 9.53 Å². The van der Waals surface area contributed by atoms with Crippen LogP contribution in [0.4, 0.5) is 4.79 Å². The number of rotatable bonds is 6. The Morgan fingerprint density at radius 1 is 1.25 bits per heavy atom. The quantitative estimate of drug-likeness (QED) is 0.775. The van der Waals surface area contributed by atoms with Gasteiger partial charge in [0.25, 0.3) is 0 Å². The van der Waals surface area contributed by atoms with Gasteiger partial charge in [0, 0.05) is 18.1 Å². The molecule has 0 aliphatic carbocycles. The molecular formula is C19H39N3O2. The summed E-state index contributed by atoms with van der Waals surface area (Å²) in [4.78, 5) is 14.6. The van der Waals surface area contributed by atoms with Gasteiger partial charge in [-0.15, -0.1) is 0 Å². The summed E-state index contributed by atoms with van der Waals surface area (Å²) in [7, 11) is 0. The molecule has 1 fully saturated rings. The van der Waals surface area contributed by atoms with E-state index in [1.54, 1.807) is 0 Å². The number of piperidine rings is 1. The molecule has 1 saturated heterocycles. The monoisotopic (exact) mass is 341 g/mol. The number of nitrogens with two attached hydrogens (primary N) is 1. The fourth-order valence-electron chi connectivity index (χ4n) is 3.36. The zero-order chi connectivity index (χ0) is 18.6. The number of ether oxygens (including phenoxy) is 1. The highest BCUT2D eigenvalue weighted by molar-refractivity contribution is 5.68. The van der Waals surface area contributed by atoms with Crippen molar-refractivity contribution in [1.29, 1.82) is 0 Å². The van der Waals surface area contributed by atoms with Crippen LogP contribution in [0, 0.1) is 5.41 Å². The van der Waals surface area contributed by atoms with E-state index < -0.39 is 5.60 Å². The summed E-state index contributed by atoms with van der Waals surface area (Å²) in [5.41, 5.74) is 5.70. The van der Waals surface area contributed by atoms with Crippen LogP contribution in [0.1, 0.15) is 74.1 Å². The summed E-state index contributed by atoms with van der Waals surface area (Å²) in [5.74, 6) is 0. The summed E-state index contributed by atoms with van der Waals surface area (Å²) < 4.78 is 5.38. The molecule has 0 bridgehead atoms. The maximum atomic E-state index is 12.1. The number of likely N-dealkylation sites (tertiary alicyclic amines) is 1. The standard InChI is InChI=1S/C19H39N3O2/c1-8-19(7)9-11-22(12-10-19)15(14-20)13-18(5,6)21-16(23)24-17(2,3)4/h15H,8-14,20H2,1-7H3,(H,21,23). The van der Waals surface area contributed by atoms with Gasteiger partial charge in [-0.3, -0.25) is 4.90 Å². The third-order valence-corrected chi connectivity index (χ3v) is 5.23. The van der Waals surface area contributed by atoms with Gasteiger partial charge < -0.3 is 15.8 Å². The van der Waals surface area contributed by atoms with E-state index in [1.165, 1.54) is 19.3 Å². The van der Waals surface area contributed by atoms with Gasteiger partial charge in [-0.1, -0.05) is 20.3 Å². The molecule has 1 heterocycles. The molecule has 0 spiro atoms. The second-order valence-electron chi connectivity index (χ2n) is 9.30. The number of nitrogens with one attached hydrogen (secondary N) is 1. The van der Waals surface area contributed by atoms with Crippen LogP contribution in [0.15, 0.2) is 0 Å². The molecule has 142 valence electrons. The molecule has 0 aromatic heterocycles. The maximum Gasteiger partial charge on any atom is 0.408 e. The number of hydrogen-bond acceptors (Lipinski definition) is 4. The molecule has 24 heavy (non-hydrogen) atoms. The van der Waals surface area contributed by atoms with E-state index >= 15 is 0 Å². The molecule has 0 aromatic rings. The van der Waals surface area contributed by atoms with Gasteiger partial charge >= 0.3 is 6.09 Å². The molecule has 5 heteroatoms. The van der Waals surface area contributed by atoms with Gasteiger partial charge in [0.1, 0.15) is 5.60 Å².